The van der Waals surface area contributed by atoms with E-state index in [2.05, 4.69) is 17.2 Å². The number of amides is 1. The highest BCUT2D eigenvalue weighted by Gasteiger charge is 2.43. The molecule has 25 nitrogen and oxygen atoms in total. The number of carbonyl (C=O) groups excluding carboxylic acids is 11. The molecule has 0 saturated carbocycles. The van der Waals surface area contributed by atoms with Crippen molar-refractivity contribution < 1.29 is 128 Å². The van der Waals surface area contributed by atoms with Crippen LogP contribution in [0.1, 0.15) is 134 Å². The summed E-state index contributed by atoms with van der Waals surface area (Å²) in [6.45, 7) is 12.1. The number of rotatable bonds is 23. The summed E-state index contributed by atoms with van der Waals surface area (Å²) in [7, 11) is 0. The van der Waals surface area contributed by atoms with E-state index in [0.29, 0.717) is 73.5 Å². The zero-order chi connectivity index (χ0) is 106. The molecule has 0 spiro atoms. The first-order valence-corrected chi connectivity index (χ1v) is 46.4. The number of phenols is 2. The molecular formula is C118H77Cl3F4N2O23. The minimum absolute atomic E-state index is 0.0401. The fraction of sp³-hybridized carbons (Fsp3) is 0.0424. The maximum Gasteiger partial charge on any atom is 0.233 e. The molecule has 0 bridgehead atoms. The summed E-state index contributed by atoms with van der Waals surface area (Å²) >= 11 is 17.8. The number of benzene rings is 15. The maximum absolute atomic E-state index is 14.5. The van der Waals surface area contributed by atoms with Crippen LogP contribution in [-0.2, 0) is 4.79 Å². The molecule has 32 heteroatoms. The van der Waals surface area contributed by atoms with Gasteiger partial charge in [0.15, 0.2) is 29.0 Å². The smallest absolute Gasteiger partial charge is 0.233 e. The third-order valence-electron chi connectivity index (χ3n) is 22.3. The number of halogens is 7. The van der Waals surface area contributed by atoms with Gasteiger partial charge < -0.3 is 68.2 Å². The van der Waals surface area contributed by atoms with Gasteiger partial charge >= 0.3 is 0 Å². The molecule has 0 fully saturated rings. The molecule has 0 aliphatic heterocycles. The van der Waals surface area contributed by atoms with Crippen LogP contribution >= 0.6 is 34.8 Å². The second-order valence-corrected chi connectivity index (χ2v) is 34.4. The van der Waals surface area contributed by atoms with Crippen molar-refractivity contribution >= 4 is 110 Å². The molecule has 0 heterocycles. The average molecular weight is 2070 g/mol. The topological polar surface area (TPSA) is 345 Å². The highest BCUT2D eigenvalue weighted by atomic mass is 35.5. The van der Waals surface area contributed by atoms with E-state index in [4.69, 9.17) is 82.2 Å². The van der Waals surface area contributed by atoms with Crippen LogP contribution < -0.4 is 58.0 Å². The standard InChI is InChI=1S/C27H22N2O5.C24H16Cl2O4.C23H11ClF4O4.C22H14O6.C22H14O4/c1-16(2)28-18-8-12-20(13-9-18)33-26-24(31)22-6-4-5-7-23(22)25(32)27(26)34-21-14-10-19(11-15-21)29-17(3)30;1-13-11-15(25)7-9-19(13)29-23-21(27)17-5-3-4-6-18(17)22(28)24(23)30-20-10-8-16(26)12-14(20)2;1-10-6-11(24)7-15(26)20(10)31-22-18(29)13-4-2-3-5-14(13)19(30)23(22)32-21-16(27)8-12(25)9-17(21)28;23-13-5-9-15(10-6-13)27-21-19(25)17-3-1-2-4-18(17)20(26)22(21)28-16-11-7-14(24)8-12-16;23-19-17-13-7-8-14-18(17)20(24)22(26-16-11-5-2-6-12-16)21(19)25-15-9-3-1-4-10-15/h4-15,28H,1H2,2-3H3,(H,29,30);3-12H,1-2H3;2-9H,1H3;1-12,23-24H;1-14H. The normalized spacial score (nSPS) is 13.2. The van der Waals surface area contributed by atoms with Crippen LogP contribution in [-0.4, -0.2) is 74.0 Å². The maximum atomic E-state index is 14.5. The van der Waals surface area contributed by atoms with Crippen molar-refractivity contribution in [1.82, 2.24) is 0 Å². The molecule has 4 N–H and O–H groups in total. The lowest BCUT2D eigenvalue weighted by atomic mass is 9.92. The van der Waals surface area contributed by atoms with Gasteiger partial charge in [-0.05, 0) is 214 Å². The zero-order valence-corrected chi connectivity index (χ0v) is 81.4. The number of ether oxygens (including phenoxy) is 10. The van der Waals surface area contributed by atoms with E-state index >= 15 is 0 Å². The summed E-state index contributed by atoms with van der Waals surface area (Å²) in [6.07, 6.45) is 0. The molecule has 0 atom stereocenters. The molecule has 1 amide bonds. The molecular weight excluding hydrogens is 2000 g/mol. The number of aromatic hydroxyl groups is 2. The van der Waals surface area contributed by atoms with Crippen molar-refractivity contribution in [2.24, 2.45) is 0 Å². The molecule has 15 aromatic rings. The third kappa shape index (κ3) is 23.8. The first kappa shape index (κ1) is 104. The Hall–Kier alpha value is -19.1. The van der Waals surface area contributed by atoms with Crippen molar-refractivity contribution in [3.8, 4) is 69.0 Å². The van der Waals surface area contributed by atoms with Crippen molar-refractivity contribution in [3.63, 3.8) is 0 Å². The van der Waals surface area contributed by atoms with Crippen LogP contribution in [0, 0.1) is 44.0 Å². The van der Waals surface area contributed by atoms with Crippen LogP contribution in [0.5, 0.6) is 69.0 Å². The first-order chi connectivity index (χ1) is 72.1. The van der Waals surface area contributed by atoms with Crippen molar-refractivity contribution in [2.45, 2.75) is 34.6 Å². The molecule has 0 radical (unpaired) electrons. The Morgan fingerprint density at radius 2 is 0.480 bits per heavy atom. The lowest BCUT2D eigenvalue weighted by molar-refractivity contribution is -0.114. The molecule has 0 unspecified atom stereocenters. The lowest BCUT2D eigenvalue weighted by Gasteiger charge is -2.22. The van der Waals surface area contributed by atoms with Gasteiger partial charge in [-0.15, -0.1) is 0 Å². The number of hydrogen-bond acceptors (Lipinski definition) is 24. The summed E-state index contributed by atoms with van der Waals surface area (Å²) in [5.41, 5.74) is 5.67. The van der Waals surface area contributed by atoms with Gasteiger partial charge in [0, 0.05) is 107 Å². The SMILES string of the molecule is C=C(C)Nc1ccc(OC2=C(Oc3ccc(NC(C)=O)cc3)C(=O)c3ccccc3C2=O)cc1.Cc1cc(Cl)cc(F)c1OC1=C(Oc2c(F)cc(F)cc2F)C(=O)c2ccccc2C1=O.Cc1cc(Cl)ccc1OC1=C(Oc2ccc(Cl)cc2C)C(=O)c2ccccc2C1=O.O=C1C(Oc2ccc(O)cc2)=C(Oc2ccc(O)cc2)C(=O)c2ccccc21.O=C1C(Oc2ccccc2)=C(Oc2ccccc2)C(=O)c2ccccc21. The molecule has 15 aromatic carbocycles. The number of carbonyl (C=O) groups is 11. The monoisotopic (exact) mass is 2070 g/mol. The summed E-state index contributed by atoms with van der Waals surface area (Å²) in [5, 5.41) is 25.7. The highest BCUT2D eigenvalue weighted by Crippen LogP contribution is 2.42. The second kappa shape index (κ2) is 45.9. The summed E-state index contributed by atoms with van der Waals surface area (Å²) < 4.78 is 113. The fourth-order valence-electron chi connectivity index (χ4n) is 15.3. The van der Waals surface area contributed by atoms with Gasteiger partial charge in [-0.3, -0.25) is 52.7 Å². The fourth-order valence-corrected chi connectivity index (χ4v) is 16.0. The van der Waals surface area contributed by atoms with Crippen molar-refractivity contribution in [3.05, 3.63) is 520 Å². The van der Waals surface area contributed by atoms with Crippen LogP contribution in [0.15, 0.2) is 410 Å². The van der Waals surface area contributed by atoms with E-state index in [-0.39, 0.29) is 142 Å². The number of aryl methyl sites for hydroxylation is 3. The number of phenolic OH excluding ortho intramolecular Hbond substituents is 2. The largest absolute Gasteiger partial charge is 0.508 e. The van der Waals surface area contributed by atoms with Gasteiger partial charge in [0.25, 0.3) is 0 Å². The quantitative estimate of drug-likeness (QED) is 0.0432. The minimum Gasteiger partial charge on any atom is -0.508 e. The van der Waals surface area contributed by atoms with Crippen LogP contribution in [0.2, 0.25) is 15.1 Å². The van der Waals surface area contributed by atoms with Crippen LogP contribution in [0.25, 0.3) is 0 Å². The number of ketones is 10. The Morgan fingerprint density at radius 1 is 0.253 bits per heavy atom. The van der Waals surface area contributed by atoms with E-state index in [0.717, 1.165) is 28.6 Å². The number of para-hydroxylation sites is 2. The highest BCUT2D eigenvalue weighted by molar-refractivity contribution is 6.32. The number of fused-ring (bicyclic) bond motifs is 5. The van der Waals surface area contributed by atoms with E-state index in [1.54, 1.807) is 244 Å². The van der Waals surface area contributed by atoms with Crippen molar-refractivity contribution in [1.29, 1.82) is 0 Å². The zero-order valence-electron chi connectivity index (χ0n) is 79.2. The average Bonchev–Trinajstić information content (AvgIpc) is 0.780. The number of Topliss-reactive ketones (excluding diaryl/α,β-unsaturated/α-hetero) is 10. The van der Waals surface area contributed by atoms with E-state index in [1.165, 1.54) is 92.7 Å². The van der Waals surface area contributed by atoms with Gasteiger partial charge in [-0.2, -0.15) is 0 Å². The number of anilines is 2. The third-order valence-corrected chi connectivity index (χ3v) is 23.0. The van der Waals surface area contributed by atoms with E-state index in [1.807, 2.05) is 19.1 Å². The first-order valence-electron chi connectivity index (χ1n) is 45.2. The Balaban J connectivity index is 0.000000134. The lowest BCUT2D eigenvalue weighted by Crippen LogP contribution is -2.28. The number of hydrogen-bond donors (Lipinski definition) is 4. The summed E-state index contributed by atoms with van der Waals surface area (Å²) in [4.78, 5) is 142. The molecule has 0 aromatic heterocycles. The molecule has 150 heavy (non-hydrogen) atoms. The van der Waals surface area contributed by atoms with Gasteiger partial charge in [-0.1, -0.05) is 199 Å². The Labute approximate surface area is 866 Å². The van der Waals surface area contributed by atoms with Gasteiger partial charge in [0.1, 0.15) is 63.3 Å². The van der Waals surface area contributed by atoms with Crippen LogP contribution in [0.3, 0.4) is 0 Å². The molecule has 20 rings (SSSR count). The van der Waals surface area contributed by atoms with Gasteiger partial charge in [0.05, 0.1) is 0 Å². The Bertz CT molecular complexity index is 7700. The summed E-state index contributed by atoms with van der Waals surface area (Å²) in [5.74, 6) is -12.3. The van der Waals surface area contributed by atoms with Crippen LogP contribution in [0.4, 0.5) is 28.9 Å². The van der Waals surface area contributed by atoms with E-state index in [9.17, 15) is 80.5 Å². The van der Waals surface area contributed by atoms with Gasteiger partial charge in [-0.25, -0.2) is 17.6 Å². The Kier molecular flexibility index (Phi) is 31.7. The second-order valence-electron chi connectivity index (χ2n) is 33.1. The minimum atomic E-state index is -1.46. The predicted molar refractivity (Wildman–Crippen MR) is 546 cm³/mol. The molecule has 5 aliphatic carbocycles. The predicted octanol–water partition coefficient (Wildman–Crippen LogP) is 25.9. The van der Waals surface area contributed by atoms with E-state index < -0.39 is 92.6 Å². The van der Waals surface area contributed by atoms with Crippen molar-refractivity contribution in [2.75, 3.05) is 10.6 Å². The summed E-state index contributed by atoms with van der Waals surface area (Å²) in [6, 6.07) is 87.3. The van der Waals surface area contributed by atoms with Gasteiger partial charge in [0.2, 0.25) is 121 Å². The number of allylic oxidation sites excluding steroid dienone is 11. The Morgan fingerprint density at radius 3 is 0.740 bits per heavy atom. The number of nitrogens with one attached hydrogen (secondary N) is 2. The molecule has 746 valence electrons. The molecule has 5 aliphatic rings. The molecule has 0 saturated heterocycles.